The zero-order chi connectivity index (χ0) is 17.9. The lowest BCUT2D eigenvalue weighted by Crippen LogP contribution is -2.29. The summed E-state index contributed by atoms with van der Waals surface area (Å²) in [6, 6.07) is 7.94. The van der Waals surface area contributed by atoms with Gasteiger partial charge in [0.25, 0.3) is 5.91 Å². The van der Waals surface area contributed by atoms with Crippen molar-refractivity contribution in [3.8, 4) is 0 Å². The monoisotopic (exact) mass is 329 g/mol. The van der Waals surface area contributed by atoms with Crippen LogP contribution < -0.4 is 5.32 Å². The molecule has 0 aliphatic rings. The number of hydrogen-bond donors (Lipinski definition) is 2. The van der Waals surface area contributed by atoms with Gasteiger partial charge in [-0.15, -0.1) is 0 Å². The lowest BCUT2D eigenvalue weighted by atomic mass is 9.98. The average Bonchev–Trinajstić information content (AvgIpc) is 2.94. The highest BCUT2D eigenvalue weighted by atomic mass is 16.4. The highest BCUT2D eigenvalue weighted by Crippen LogP contribution is 2.21. The van der Waals surface area contributed by atoms with Crippen molar-refractivity contribution >= 4 is 11.9 Å². The van der Waals surface area contributed by atoms with E-state index in [0.717, 1.165) is 5.56 Å². The van der Waals surface area contributed by atoms with Crippen LogP contribution in [0.2, 0.25) is 0 Å². The van der Waals surface area contributed by atoms with E-state index < -0.39 is 11.9 Å². The SMILES string of the molecule is CCC(NC(=O)c1cnn(C)c1C(=O)O)c1ccc(C(C)C)cc1. The summed E-state index contributed by atoms with van der Waals surface area (Å²) in [5.41, 5.74) is 2.19. The van der Waals surface area contributed by atoms with Crippen molar-refractivity contribution in [1.29, 1.82) is 0 Å². The van der Waals surface area contributed by atoms with E-state index in [4.69, 9.17) is 0 Å². The predicted octanol–water partition coefficient (Wildman–Crippen LogP) is 3.12. The summed E-state index contributed by atoms with van der Waals surface area (Å²) in [5, 5.41) is 16.0. The quantitative estimate of drug-likeness (QED) is 0.853. The first kappa shape index (κ1) is 17.7. The van der Waals surface area contributed by atoms with Gasteiger partial charge in [0.2, 0.25) is 0 Å². The maximum atomic E-state index is 12.5. The topological polar surface area (TPSA) is 84.2 Å². The van der Waals surface area contributed by atoms with Gasteiger partial charge in [0.15, 0.2) is 5.69 Å². The first-order chi connectivity index (χ1) is 11.3. The number of aromatic nitrogens is 2. The number of benzene rings is 1. The Morgan fingerprint density at radius 1 is 1.21 bits per heavy atom. The average molecular weight is 329 g/mol. The third-order valence-electron chi connectivity index (χ3n) is 4.11. The second-order valence-corrected chi connectivity index (χ2v) is 6.09. The number of aromatic carboxylic acids is 1. The summed E-state index contributed by atoms with van der Waals surface area (Å²) in [5.74, 6) is -1.16. The Morgan fingerprint density at radius 2 is 1.79 bits per heavy atom. The normalized spacial score (nSPS) is 12.2. The number of nitrogens with one attached hydrogen (secondary N) is 1. The molecule has 0 spiro atoms. The Morgan fingerprint density at radius 3 is 2.29 bits per heavy atom. The Hall–Kier alpha value is -2.63. The lowest BCUT2D eigenvalue weighted by Gasteiger charge is -2.18. The molecular formula is C18H23N3O3. The molecule has 0 saturated carbocycles. The van der Waals surface area contributed by atoms with Gasteiger partial charge in [-0.25, -0.2) is 4.79 Å². The summed E-state index contributed by atoms with van der Waals surface area (Å²) in [7, 11) is 1.50. The summed E-state index contributed by atoms with van der Waals surface area (Å²) >= 11 is 0. The molecule has 0 saturated heterocycles. The van der Waals surface area contributed by atoms with Crippen LogP contribution in [0.25, 0.3) is 0 Å². The molecule has 0 radical (unpaired) electrons. The van der Waals surface area contributed by atoms with Crippen LogP contribution in [0.1, 0.15) is 71.1 Å². The van der Waals surface area contributed by atoms with E-state index in [1.54, 1.807) is 0 Å². The molecule has 1 amide bonds. The molecule has 2 aromatic rings. The summed E-state index contributed by atoms with van der Waals surface area (Å²) < 4.78 is 1.19. The molecule has 128 valence electrons. The van der Waals surface area contributed by atoms with Gasteiger partial charge >= 0.3 is 5.97 Å². The number of aryl methyl sites for hydroxylation is 1. The second kappa shape index (κ2) is 7.29. The smallest absolute Gasteiger partial charge is 0.354 e. The summed E-state index contributed by atoms with van der Waals surface area (Å²) in [6.07, 6.45) is 1.99. The van der Waals surface area contributed by atoms with Gasteiger partial charge in [-0.3, -0.25) is 9.48 Å². The Kier molecular flexibility index (Phi) is 5.39. The minimum absolute atomic E-state index is 0.0715. The van der Waals surface area contributed by atoms with Crippen molar-refractivity contribution in [3.05, 3.63) is 52.8 Å². The van der Waals surface area contributed by atoms with Gasteiger partial charge in [0, 0.05) is 7.05 Å². The standard InChI is InChI=1S/C18H23N3O3/c1-5-15(13-8-6-12(7-9-13)11(2)3)20-17(22)14-10-19-21(4)16(14)18(23)24/h6-11,15H,5H2,1-4H3,(H,20,22)(H,23,24). The molecule has 0 fully saturated rings. The van der Waals surface area contributed by atoms with E-state index in [1.165, 1.54) is 23.5 Å². The Balaban J connectivity index is 2.21. The molecule has 6 heteroatoms. The van der Waals surface area contributed by atoms with E-state index >= 15 is 0 Å². The first-order valence-corrected chi connectivity index (χ1v) is 8.01. The van der Waals surface area contributed by atoms with Crippen LogP contribution in [0.3, 0.4) is 0 Å². The number of carboxylic acid groups (broad SMARTS) is 1. The molecule has 1 atom stereocenters. The van der Waals surface area contributed by atoms with Crippen LogP contribution in [-0.2, 0) is 7.05 Å². The van der Waals surface area contributed by atoms with Crippen LogP contribution in [0.15, 0.2) is 30.5 Å². The molecule has 1 heterocycles. The van der Waals surface area contributed by atoms with Crippen LogP contribution in [-0.4, -0.2) is 26.8 Å². The van der Waals surface area contributed by atoms with Crippen molar-refractivity contribution < 1.29 is 14.7 Å². The number of nitrogens with zero attached hydrogens (tertiary/aromatic N) is 2. The molecule has 6 nitrogen and oxygen atoms in total. The van der Waals surface area contributed by atoms with Crippen molar-refractivity contribution in [2.45, 2.75) is 39.2 Å². The minimum Gasteiger partial charge on any atom is -0.477 e. The number of hydrogen-bond acceptors (Lipinski definition) is 3. The maximum absolute atomic E-state index is 12.5. The third-order valence-corrected chi connectivity index (χ3v) is 4.11. The van der Waals surface area contributed by atoms with Crippen LogP contribution >= 0.6 is 0 Å². The molecule has 0 aliphatic carbocycles. The Bertz CT molecular complexity index is 732. The van der Waals surface area contributed by atoms with E-state index in [0.29, 0.717) is 12.3 Å². The fourth-order valence-corrected chi connectivity index (χ4v) is 2.63. The number of amides is 1. The van der Waals surface area contributed by atoms with E-state index in [-0.39, 0.29) is 17.3 Å². The third kappa shape index (κ3) is 3.64. The largest absolute Gasteiger partial charge is 0.477 e. The first-order valence-electron chi connectivity index (χ1n) is 8.01. The zero-order valence-corrected chi connectivity index (χ0v) is 14.4. The van der Waals surface area contributed by atoms with Gasteiger partial charge in [-0.05, 0) is 23.5 Å². The molecule has 1 aromatic carbocycles. The summed E-state index contributed by atoms with van der Waals surface area (Å²) in [6.45, 7) is 6.23. The fourth-order valence-electron chi connectivity index (χ4n) is 2.63. The van der Waals surface area contributed by atoms with Gasteiger partial charge in [-0.2, -0.15) is 5.10 Å². The number of carbonyl (C=O) groups excluding carboxylic acids is 1. The highest BCUT2D eigenvalue weighted by molar-refractivity contribution is 6.03. The second-order valence-electron chi connectivity index (χ2n) is 6.09. The van der Waals surface area contributed by atoms with Crippen LogP contribution in [0, 0.1) is 0 Å². The van der Waals surface area contributed by atoms with Crippen molar-refractivity contribution in [2.24, 2.45) is 7.05 Å². The van der Waals surface area contributed by atoms with Gasteiger partial charge < -0.3 is 10.4 Å². The molecule has 0 aliphatic heterocycles. The number of carboxylic acids is 1. The zero-order valence-electron chi connectivity index (χ0n) is 14.4. The molecule has 2 N–H and O–H groups in total. The van der Waals surface area contributed by atoms with E-state index in [9.17, 15) is 14.7 Å². The Labute approximate surface area is 141 Å². The van der Waals surface area contributed by atoms with Crippen LogP contribution in [0.4, 0.5) is 0 Å². The van der Waals surface area contributed by atoms with Crippen molar-refractivity contribution in [2.75, 3.05) is 0 Å². The fraction of sp³-hybridized carbons (Fsp3) is 0.389. The number of rotatable bonds is 6. The van der Waals surface area contributed by atoms with E-state index in [1.807, 2.05) is 19.1 Å². The van der Waals surface area contributed by atoms with Crippen molar-refractivity contribution in [3.63, 3.8) is 0 Å². The molecule has 24 heavy (non-hydrogen) atoms. The molecule has 1 unspecified atom stereocenters. The van der Waals surface area contributed by atoms with Gasteiger partial charge in [-0.1, -0.05) is 45.0 Å². The van der Waals surface area contributed by atoms with Gasteiger partial charge in [0.1, 0.15) is 0 Å². The predicted molar refractivity (Wildman–Crippen MR) is 91.2 cm³/mol. The molecule has 2 rings (SSSR count). The molecule has 0 bridgehead atoms. The summed E-state index contributed by atoms with van der Waals surface area (Å²) in [4.78, 5) is 23.8. The number of carbonyl (C=O) groups is 2. The molecular weight excluding hydrogens is 306 g/mol. The highest BCUT2D eigenvalue weighted by Gasteiger charge is 2.23. The van der Waals surface area contributed by atoms with Gasteiger partial charge in [0.05, 0.1) is 17.8 Å². The van der Waals surface area contributed by atoms with Crippen molar-refractivity contribution in [1.82, 2.24) is 15.1 Å². The minimum atomic E-state index is -1.17. The molecule has 1 aromatic heterocycles. The maximum Gasteiger partial charge on any atom is 0.354 e. The lowest BCUT2D eigenvalue weighted by molar-refractivity contribution is 0.0678. The van der Waals surface area contributed by atoms with E-state index in [2.05, 4.69) is 36.4 Å². The van der Waals surface area contributed by atoms with Crippen LogP contribution in [0.5, 0.6) is 0 Å².